The van der Waals surface area contributed by atoms with Crippen LogP contribution in [-0.4, -0.2) is 15.0 Å². The first-order valence-corrected chi connectivity index (χ1v) is 21.2. The van der Waals surface area contributed by atoms with Crippen LogP contribution in [-0.2, 0) is 5.41 Å². The van der Waals surface area contributed by atoms with Crippen LogP contribution in [0.3, 0.4) is 0 Å². The van der Waals surface area contributed by atoms with Crippen LogP contribution in [0.5, 0.6) is 0 Å². The number of terminal acetylenes is 1. The molecule has 63 heavy (non-hydrogen) atoms. The summed E-state index contributed by atoms with van der Waals surface area (Å²) in [6.45, 7) is 0. The molecule has 9 aromatic carbocycles. The summed E-state index contributed by atoms with van der Waals surface area (Å²) in [5.41, 5.74) is 20.1. The van der Waals surface area contributed by atoms with Crippen LogP contribution in [0.2, 0.25) is 0 Å². The van der Waals surface area contributed by atoms with Gasteiger partial charge in [-0.3, -0.25) is 0 Å². The van der Waals surface area contributed by atoms with Crippen molar-refractivity contribution in [1.29, 1.82) is 0 Å². The third kappa shape index (κ3) is 6.04. The Kier molecular flexibility index (Phi) is 9.26. The Morgan fingerprint density at radius 1 is 0.254 bits per heavy atom. The van der Waals surface area contributed by atoms with E-state index in [1.54, 1.807) is 0 Å². The summed E-state index contributed by atoms with van der Waals surface area (Å²) in [5.74, 6) is 1.94. The van der Waals surface area contributed by atoms with Crippen LogP contribution >= 0.6 is 0 Å². The van der Waals surface area contributed by atoms with Crippen molar-refractivity contribution < 1.29 is 0 Å². The lowest BCUT2D eigenvalue weighted by Gasteiger charge is -2.30. The highest BCUT2D eigenvalue weighted by molar-refractivity contribution is 6.03. The second kappa shape index (κ2) is 15.5. The summed E-state index contributed by atoms with van der Waals surface area (Å²) in [4.78, 5) is 15.0. The van der Waals surface area contributed by atoms with Gasteiger partial charge in [-0.1, -0.05) is 212 Å². The SMILES string of the molecule is C#C.c1ccc(-c2nc(-c3ccccc3)nc(-c3cccc(-c4cccc(-c5cccc6c5-c5ccccc5C65c6ccccc6-c6c(-c7ccccc7)cccc65)c4)c3)n2)cc1. The van der Waals surface area contributed by atoms with E-state index in [0.717, 1.165) is 27.8 Å². The summed E-state index contributed by atoms with van der Waals surface area (Å²) in [7, 11) is 0. The third-order valence-electron chi connectivity index (χ3n) is 12.5. The van der Waals surface area contributed by atoms with E-state index in [9.17, 15) is 0 Å². The van der Waals surface area contributed by atoms with Crippen molar-refractivity contribution in [3.63, 3.8) is 0 Å². The second-order valence-corrected chi connectivity index (χ2v) is 15.9. The molecule has 0 bridgehead atoms. The Balaban J connectivity index is 0.00000219. The van der Waals surface area contributed by atoms with Gasteiger partial charge in [0, 0.05) is 16.7 Å². The molecule has 1 aromatic heterocycles. The molecule has 294 valence electrons. The molecule has 1 spiro atoms. The van der Waals surface area contributed by atoms with Gasteiger partial charge < -0.3 is 0 Å². The minimum Gasteiger partial charge on any atom is -0.208 e. The van der Waals surface area contributed by atoms with Crippen LogP contribution in [0.4, 0.5) is 0 Å². The standard InChI is InChI=1S/C58H37N3.C2H2/c1-4-18-38(19-5-1)45-30-16-34-51-53(45)47-28-10-12-32-49(47)58(51)50-33-13-11-29-48(50)54-46(31-17-35-52(54)58)43-26-14-24-41(36-43)42-25-15-27-44(37-42)57-60-55(39-20-6-2-7-21-39)59-56(61-57)40-22-8-3-9-23-40;1-2/h1-37H;1-2H. The Bertz CT molecular complexity index is 3290. The van der Waals surface area contributed by atoms with E-state index in [4.69, 9.17) is 15.0 Å². The van der Waals surface area contributed by atoms with Gasteiger partial charge in [0.25, 0.3) is 0 Å². The molecule has 1 unspecified atom stereocenters. The zero-order valence-electron chi connectivity index (χ0n) is 34.4. The fourth-order valence-electron chi connectivity index (χ4n) is 9.98. The molecular formula is C60H39N3. The fourth-order valence-corrected chi connectivity index (χ4v) is 9.98. The molecule has 1 atom stereocenters. The van der Waals surface area contributed by atoms with Crippen molar-refractivity contribution in [3.05, 3.63) is 247 Å². The summed E-state index contributed by atoms with van der Waals surface area (Å²) >= 11 is 0. The van der Waals surface area contributed by atoms with Gasteiger partial charge in [-0.25, -0.2) is 15.0 Å². The van der Waals surface area contributed by atoms with Crippen molar-refractivity contribution in [2.45, 2.75) is 5.41 Å². The summed E-state index contributed by atoms with van der Waals surface area (Å²) in [5, 5.41) is 0. The molecule has 1 heterocycles. The first-order valence-electron chi connectivity index (χ1n) is 21.2. The van der Waals surface area contributed by atoms with Crippen molar-refractivity contribution in [1.82, 2.24) is 15.0 Å². The van der Waals surface area contributed by atoms with Crippen LogP contribution in [0, 0.1) is 12.8 Å². The zero-order chi connectivity index (χ0) is 42.3. The molecule has 2 aliphatic carbocycles. The van der Waals surface area contributed by atoms with Crippen LogP contribution in [0.25, 0.3) is 89.8 Å². The maximum Gasteiger partial charge on any atom is 0.164 e. The zero-order valence-corrected chi connectivity index (χ0v) is 34.4. The minimum atomic E-state index is -0.452. The van der Waals surface area contributed by atoms with Gasteiger partial charge in [-0.2, -0.15) is 0 Å². The van der Waals surface area contributed by atoms with Gasteiger partial charge in [-0.05, 0) is 90.0 Å². The van der Waals surface area contributed by atoms with Crippen molar-refractivity contribution in [3.8, 4) is 103 Å². The van der Waals surface area contributed by atoms with Gasteiger partial charge in [0.2, 0.25) is 0 Å². The lowest BCUT2D eigenvalue weighted by atomic mass is 9.70. The first-order chi connectivity index (χ1) is 31.3. The highest BCUT2D eigenvalue weighted by atomic mass is 15.0. The van der Waals surface area contributed by atoms with Crippen LogP contribution in [0.15, 0.2) is 224 Å². The smallest absolute Gasteiger partial charge is 0.164 e. The molecule has 0 fully saturated rings. The maximum absolute atomic E-state index is 5.03. The highest BCUT2D eigenvalue weighted by Gasteiger charge is 2.52. The lowest BCUT2D eigenvalue weighted by Crippen LogP contribution is -2.25. The maximum atomic E-state index is 5.03. The van der Waals surface area contributed by atoms with E-state index >= 15 is 0 Å². The van der Waals surface area contributed by atoms with Crippen molar-refractivity contribution in [2.24, 2.45) is 0 Å². The number of fused-ring (bicyclic) bond motifs is 10. The average Bonchev–Trinajstić information content (AvgIpc) is 3.85. The number of nitrogens with zero attached hydrogens (tertiary/aromatic N) is 3. The van der Waals surface area contributed by atoms with Gasteiger partial charge in [0.15, 0.2) is 17.5 Å². The van der Waals surface area contributed by atoms with E-state index in [-0.39, 0.29) is 0 Å². The predicted molar refractivity (Wildman–Crippen MR) is 259 cm³/mol. The quantitative estimate of drug-likeness (QED) is 0.157. The summed E-state index contributed by atoms with van der Waals surface area (Å²) in [6, 6.07) is 80.6. The first kappa shape index (κ1) is 37.5. The molecule has 10 aromatic rings. The monoisotopic (exact) mass is 801 g/mol. The van der Waals surface area contributed by atoms with E-state index in [0.29, 0.717) is 17.5 Å². The lowest BCUT2D eigenvalue weighted by molar-refractivity contribution is 0.794. The van der Waals surface area contributed by atoms with Crippen LogP contribution < -0.4 is 0 Å². The number of hydrogen-bond donors (Lipinski definition) is 0. The van der Waals surface area contributed by atoms with Gasteiger partial charge in [0.1, 0.15) is 0 Å². The molecule has 3 heteroatoms. The van der Waals surface area contributed by atoms with Gasteiger partial charge in [0.05, 0.1) is 5.41 Å². The molecule has 2 aliphatic rings. The van der Waals surface area contributed by atoms with Crippen molar-refractivity contribution >= 4 is 0 Å². The topological polar surface area (TPSA) is 38.7 Å². The number of rotatable bonds is 6. The fraction of sp³-hybridized carbons (Fsp3) is 0.0167. The molecule has 0 aliphatic heterocycles. The second-order valence-electron chi connectivity index (χ2n) is 15.9. The molecule has 0 amide bonds. The largest absolute Gasteiger partial charge is 0.208 e. The average molecular weight is 802 g/mol. The molecule has 0 radical (unpaired) electrons. The molecule has 12 rings (SSSR count). The van der Waals surface area contributed by atoms with Crippen molar-refractivity contribution in [2.75, 3.05) is 0 Å². The number of aromatic nitrogens is 3. The van der Waals surface area contributed by atoms with Gasteiger partial charge >= 0.3 is 0 Å². The number of hydrogen-bond acceptors (Lipinski definition) is 3. The van der Waals surface area contributed by atoms with E-state index < -0.39 is 5.41 Å². The summed E-state index contributed by atoms with van der Waals surface area (Å²) in [6.07, 6.45) is 8.00. The Hall–Kier alpha value is -8.45. The Morgan fingerprint density at radius 2 is 0.571 bits per heavy atom. The normalized spacial score (nSPS) is 13.9. The highest BCUT2D eigenvalue weighted by Crippen LogP contribution is 2.65. The molecule has 0 N–H and O–H groups in total. The van der Waals surface area contributed by atoms with Crippen LogP contribution in [0.1, 0.15) is 22.3 Å². The number of benzene rings is 9. The van der Waals surface area contributed by atoms with E-state index in [2.05, 4.69) is 177 Å². The molecular weight excluding hydrogens is 763 g/mol. The van der Waals surface area contributed by atoms with E-state index in [1.807, 2.05) is 60.7 Å². The third-order valence-corrected chi connectivity index (χ3v) is 12.5. The molecule has 0 saturated heterocycles. The molecule has 0 saturated carbocycles. The van der Waals surface area contributed by atoms with Gasteiger partial charge in [-0.15, -0.1) is 12.8 Å². The Labute approximate surface area is 368 Å². The molecule has 3 nitrogen and oxygen atoms in total. The predicted octanol–water partition coefficient (Wildman–Crippen LogP) is 14.5. The summed E-state index contributed by atoms with van der Waals surface area (Å²) < 4.78 is 0. The minimum absolute atomic E-state index is 0.452. The Morgan fingerprint density at radius 3 is 1.08 bits per heavy atom. The van der Waals surface area contributed by atoms with E-state index in [1.165, 1.54) is 66.8 Å².